The Morgan fingerprint density at radius 1 is 0.458 bits per heavy atom. The molecule has 4 fully saturated rings. The molecule has 0 saturated heterocycles. The number of aliphatic hydroxyl groups excluding tert-OH is 1. The van der Waals surface area contributed by atoms with Crippen molar-refractivity contribution in [1.82, 2.24) is 53.2 Å². The highest BCUT2D eigenvalue weighted by molar-refractivity contribution is 5.97. The van der Waals surface area contributed by atoms with Crippen molar-refractivity contribution in [3.63, 3.8) is 0 Å². The van der Waals surface area contributed by atoms with E-state index in [9.17, 15) is 82.1 Å². The standard InChI is InChI=1S/C93H155N13O25/c1-55(2)17-16-18-59(9)65-23-24-66-64-22-21-62-51-63(29-33-92(62,11)67(64)30-34-93(65,66)12)131-81(116)53-71(84(96)117)100-77(110)32-38-126-42-46-130-47-43-127-39-35-97-76(109)31-37-125-41-45-129-48-44-128-40-36-98-87(120)72(50-61-19-14-13-15-20-61)103-88(121)69(26-28-80(114)115)101-85(118)60(10)99-90(123)82(57(5)6)105-78(111)54-74(107)70(49-56(3)4)102-89(122)73(52-75(95)108)104-91(124)83(58(7)8)106-86(119)68(94)25-27-79(112)113/h13-15,19-20,55-60,62-74,82-83,107H,16-18,21-54,94H2,1-12H3,(H2,95,108)(H2,96,117)(H,97,109)(H,98,120)(H,99,123)(H,100,110)(H,101,118)(H,102,122)(H,103,121)(H,104,124)(H,105,111)(H,106,119)(H,112,113)(H,114,115)/t59-,60+,62+,63+,64+,65-,66+,67+,68+,69+,70+,71+,72+,73+,74+,82+,83+,92+,93-/m1/s1. The van der Waals surface area contributed by atoms with Crippen molar-refractivity contribution in [2.75, 3.05) is 92.4 Å². The number of carbonyl (C=O) groups is 15. The van der Waals surface area contributed by atoms with Gasteiger partial charge in [-0.1, -0.05) is 126 Å². The van der Waals surface area contributed by atoms with E-state index in [0.29, 0.717) is 22.8 Å². The number of hydrogen-bond acceptors (Lipinski definition) is 24. The Bertz CT molecular complexity index is 3810. The van der Waals surface area contributed by atoms with Gasteiger partial charge in [0.15, 0.2) is 0 Å². The Kier molecular flexibility index (Phi) is 49.9. The number of amides is 12. The third-order valence-corrected chi connectivity index (χ3v) is 26.1. The van der Waals surface area contributed by atoms with Crippen LogP contribution in [0.1, 0.15) is 230 Å². The fourth-order valence-corrected chi connectivity index (χ4v) is 19.0. The summed E-state index contributed by atoms with van der Waals surface area (Å²) in [4.78, 5) is 195. The smallest absolute Gasteiger partial charge is 0.308 e. The van der Waals surface area contributed by atoms with E-state index in [1.54, 1.807) is 71.9 Å². The third kappa shape index (κ3) is 40.0. The molecule has 0 radical (unpaired) electrons. The van der Waals surface area contributed by atoms with Crippen LogP contribution in [-0.2, 0) is 111 Å². The minimum atomic E-state index is -1.65. The first kappa shape index (κ1) is 112. The minimum Gasteiger partial charge on any atom is -0.481 e. The van der Waals surface area contributed by atoms with Crippen LogP contribution in [0.15, 0.2) is 30.3 Å². The predicted octanol–water partition coefficient (Wildman–Crippen LogP) is 3.19. The Morgan fingerprint density at radius 2 is 0.992 bits per heavy atom. The van der Waals surface area contributed by atoms with E-state index < -0.39 is 187 Å². The number of rotatable bonds is 65. The first-order valence-corrected chi connectivity index (χ1v) is 47.1. The fourth-order valence-electron chi connectivity index (χ4n) is 19.0. The molecule has 742 valence electrons. The maximum absolute atomic E-state index is 14.1. The van der Waals surface area contributed by atoms with Gasteiger partial charge >= 0.3 is 17.9 Å². The quantitative estimate of drug-likeness (QED) is 0.0329. The molecule has 131 heavy (non-hydrogen) atoms. The largest absolute Gasteiger partial charge is 0.481 e. The lowest BCUT2D eigenvalue weighted by molar-refractivity contribution is -0.164. The average molecular weight is 1860 g/mol. The Hall–Kier alpha value is -9.05. The van der Waals surface area contributed by atoms with Crippen molar-refractivity contribution in [2.24, 2.45) is 87.2 Å². The summed E-state index contributed by atoms with van der Waals surface area (Å²) in [6, 6.07) is -3.54. The molecule has 0 aliphatic heterocycles. The highest BCUT2D eigenvalue weighted by Crippen LogP contribution is 2.68. The summed E-state index contributed by atoms with van der Waals surface area (Å²) in [7, 11) is 0. The van der Waals surface area contributed by atoms with E-state index in [0.717, 1.165) is 55.3 Å². The third-order valence-electron chi connectivity index (χ3n) is 26.1. The number of esters is 1. The van der Waals surface area contributed by atoms with Crippen molar-refractivity contribution in [2.45, 2.75) is 297 Å². The molecule has 0 aromatic heterocycles. The maximum Gasteiger partial charge on any atom is 0.308 e. The molecular weight excluding hydrogens is 1700 g/mol. The number of carbonyl (C=O) groups excluding carboxylic acids is 13. The van der Waals surface area contributed by atoms with E-state index in [1.807, 2.05) is 0 Å². The molecular formula is C93H155N13O25. The van der Waals surface area contributed by atoms with Gasteiger partial charge in [-0.2, -0.15) is 0 Å². The van der Waals surface area contributed by atoms with Crippen LogP contribution in [0, 0.1) is 70.0 Å². The highest BCUT2D eigenvalue weighted by Gasteiger charge is 2.61. The molecule has 4 aliphatic rings. The van der Waals surface area contributed by atoms with E-state index in [4.69, 9.17) is 55.5 Å². The summed E-state index contributed by atoms with van der Waals surface area (Å²) in [5.74, 6) is -8.95. The lowest BCUT2D eigenvalue weighted by atomic mass is 9.44. The zero-order valence-corrected chi connectivity index (χ0v) is 79.2. The van der Waals surface area contributed by atoms with Crippen molar-refractivity contribution in [3.05, 3.63) is 35.9 Å². The fraction of sp³-hybridized carbons (Fsp3) is 0.774. The molecule has 0 bridgehead atoms. The molecule has 4 saturated carbocycles. The molecule has 12 amide bonds. The van der Waals surface area contributed by atoms with Gasteiger partial charge in [-0.25, -0.2) is 0 Å². The van der Waals surface area contributed by atoms with Crippen LogP contribution < -0.4 is 70.4 Å². The van der Waals surface area contributed by atoms with E-state index in [1.165, 1.54) is 58.3 Å². The number of carboxylic acid groups (broad SMARTS) is 2. The minimum absolute atomic E-state index is 0.00106. The molecule has 4 aliphatic carbocycles. The normalized spacial score (nSPS) is 21.8. The average Bonchev–Trinajstić information content (AvgIpc) is 1.50. The number of fused-ring (bicyclic) bond motifs is 5. The van der Waals surface area contributed by atoms with Crippen LogP contribution >= 0.6 is 0 Å². The summed E-state index contributed by atoms with van der Waals surface area (Å²) in [6.07, 6.45) is 9.12. The van der Waals surface area contributed by atoms with Gasteiger partial charge in [-0.15, -0.1) is 0 Å². The molecule has 38 nitrogen and oxygen atoms in total. The number of benzene rings is 1. The lowest BCUT2D eigenvalue weighted by Crippen LogP contribution is -2.59. The van der Waals surface area contributed by atoms with Crippen LogP contribution in [0.5, 0.6) is 0 Å². The summed E-state index contributed by atoms with van der Waals surface area (Å²) in [6.45, 7) is 25.8. The summed E-state index contributed by atoms with van der Waals surface area (Å²) in [5, 5.41) is 55.7. The molecule has 5 rings (SSSR count). The van der Waals surface area contributed by atoms with Crippen LogP contribution in [0.2, 0.25) is 0 Å². The summed E-state index contributed by atoms with van der Waals surface area (Å²) < 4.78 is 39.4. The van der Waals surface area contributed by atoms with Gasteiger partial charge in [0.2, 0.25) is 70.9 Å². The highest BCUT2D eigenvalue weighted by atomic mass is 16.6. The Balaban J connectivity index is 0.914. The van der Waals surface area contributed by atoms with Crippen LogP contribution in [0.3, 0.4) is 0 Å². The number of aliphatic hydroxyl groups is 1. The molecule has 38 heteroatoms. The van der Waals surface area contributed by atoms with Gasteiger partial charge in [-0.3, -0.25) is 71.9 Å². The first-order chi connectivity index (χ1) is 62.0. The molecule has 0 heterocycles. The van der Waals surface area contributed by atoms with Crippen molar-refractivity contribution < 1.29 is 120 Å². The number of carboxylic acids is 2. The number of primary amides is 2. The first-order valence-electron chi connectivity index (χ1n) is 47.1. The van der Waals surface area contributed by atoms with E-state index >= 15 is 0 Å². The van der Waals surface area contributed by atoms with Crippen LogP contribution in [-0.4, -0.2) is 263 Å². The van der Waals surface area contributed by atoms with Crippen LogP contribution in [0.4, 0.5) is 0 Å². The second kappa shape index (κ2) is 58.2. The van der Waals surface area contributed by atoms with Gasteiger partial charge in [0, 0.05) is 45.2 Å². The van der Waals surface area contributed by atoms with Crippen LogP contribution in [0.25, 0.3) is 0 Å². The SMILES string of the molecule is CC(C)CCC[C@@H](C)[C@H]1CC[C@H]2[C@@H]3CC[C@H]4C[C@@H](OC(=O)C[C@H](NC(=O)CCOCCOCCOCCNC(=O)CCOCCOCCOCCNC(=O)[C@H](Cc5ccccc5)NC(=O)[C@H](CCC(=O)O)NC(=O)[C@H](C)NC(=O)[C@@H](NC(=O)C[C@H](O)[C@H](CC(C)C)NC(=O)[C@H](CC(N)=O)NC(=O)[C@@H](NC(=O)[C@@H](N)CCC(=O)O)C(C)C)C(C)C)C(N)=O)CC[C@]4(C)[C@H]3CC[C@]12C. The van der Waals surface area contributed by atoms with Gasteiger partial charge in [-0.05, 0) is 160 Å². The second-order valence-electron chi connectivity index (χ2n) is 37.9. The number of nitrogens with two attached hydrogens (primary N) is 3. The second-order valence-corrected chi connectivity index (χ2v) is 37.9. The predicted molar refractivity (Wildman–Crippen MR) is 483 cm³/mol. The lowest BCUT2D eigenvalue weighted by Gasteiger charge is -2.61. The van der Waals surface area contributed by atoms with Crippen molar-refractivity contribution in [3.8, 4) is 0 Å². The number of aliphatic carboxylic acids is 2. The Morgan fingerprint density at radius 3 is 1.57 bits per heavy atom. The van der Waals surface area contributed by atoms with E-state index in [2.05, 4.69) is 87.8 Å². The number of hydrogen-bond donors (Lipinski definition) is 16. The zero-order chi connectivity index (χ0) is 97.1. The van der Waals surface area contributed by atoms with E-state index in [-0.39, 0.29) is 154 Å². The van der Waals surface area contributed by atoms with Crippen molar-refractivity contribution >= 4 is 88.8 Å². The summed E-state index contributed by atoms with van der Waals surface area (Å²) in [5.41, 5.74) is 18.3. The number of nitrogens with one attached hydrogen (secondary N) is 10. The monoisotopic (exact) mass is 1850 g/mol. The summed E-state index contributed by atoms with van der Waals surface area (Å²) >= 11 is 0. The Labute approximate surface area is 771 Å². The molecule has 0 spiro atoms. The molecule has 19 atom stereocenters. The van der Waals surface area contributed by atoms with Gasteiger partial charge in [0.05, 0.1) is 117 Å². The topological polar surface area (TPSA) is 580 Å². The molecule has 1 aromatic carbocycles. The van der Waals surface area contributed by atoms with Crippen molar-refractivity contribution in [1.29, 1.82) is 0 Å². The molecule has 19 N–H and O–H groups in total. The molecule has 1 aromatic rings. The van der Waals surface area contributed by atoms with Gasteiger partial charge < -0.3 is 119 Å². The zero-order valence-electron chi connectivity index (χ0n) is 79.2. The maximum atomic E-state index is 14.1. The molecule has 0 unspecified atom stereocenters. The number of ether oxygens (including phenoxy) is 7. The van der Waals surface area contributed by atoms with Gasteiger partial charge in [0.1, 0.15) is 48.4 Å². The van der Waals surface area contributed by atoms with Gasteiger partial charge in [0.25, 0.3) is 0 Å².